The third kappa shape index (κ3) is 9.81. The van der Waals surface area contributed by atoms with Gasteiger partial charge in [0.25, 0.3) is 0 Å². The van der Waals surface area contributed by atoms with Crippen LogP contribution in [0.25, 0.3) is 150 Å². The summed E-state index contributed by atoms with van der Waals surface area (Å²) in [5.41, 5.74) is 29.2. The molecule has 12 aromatic carbocycles. The summed E-state index contributed by atoms with van der Waals surface area (Å²) < 4.78 is 4.54. The summed E-state index contributed by atoms with van der Waals surface area (Å²) in [6.07, 6.45) is 6.14. The van der Waals surface area contributed by atoms with Crippen molar-refractivity contribution in [2.75, 3.05) is 0 Å². The van der Waals surface area contributed by atoms with Gasteiger partial charge in [-0.3, -0.25) is 4.98 Å². The molecule has 93 heavy (non-hydrogen) atoms. The molecule has 440 valence electrons. The number of aromatic nitrogens is 4. The minimum atomic E-state index is 0. The molecule has 0 radical (unpaired) electrons. The van der Waals surface area contributed by atoms with Crippen LogP contribution in [0.2, 0.25) is 0 Å². The van der Waals surface area contributed by atoms with Crippen LogP contribution in [0.3, 0.4) is 0 Å². The summed E-state index contributed by atoms with van der Waals surface area (Å²) in [4.78, 5) is 9.67. The van der Waals surface area contributed by atoms with Crippen molar-refractivity contribution in [3.05, 3.63) is 363 Å². The van der Waals surface area contributed by atoms with E-state index in [1.165, 1.54) is 106 Å². The van der Waals surface area contributed by atoms with E-state index >= 15 is 0 Å². The summed E-state index contributed by atoms with van der Waals surface area (Å²) >= 11 is 0. The molecule has 1 aliphatic heterocycles. The van der Waals surface area contributed by atoms with Gasteiger partial charge in [0.15, 0.2) is 0 Å². The van der Waals surface area contributed by atoms with Crippen LogP contribution in [-0.2, 0) is 21.1 Å². The van der Waals surface area contributed by atoms with Gasteiger partial charge in [0.2, 0.25) is 0 Å². The molecule has 0 unspecified atom stereocenters. The Hall–Kier alpha value is -11.6. The van der Waals surface area contributed by atoms with Gasteiger partial charge >= 0.3 is 21.1 Å². The summed E-state index contributed by atoms with van der Waals surface area (Å²) in [5.74, 6) is 2.64. The SMILES string of the molecule is [Pt+2].c1ccc(-c2cccc(-c3ccccc3)c2-c2cccc3c2[CH-]c2c(c4ccccc4n2-c2ccccn2)-c2ccccc2-3)cc1.c1ccc(-c2cccc(-c3ccccc3)c2-c2cccc3c2[N-]c2c(c4ccccc4n2-c2ccccn2)-c2ccccc2-3)cc1. The van der Waals surface area contributed by atoms with Gasteiger partial charge < -0.3 is 14.5 Å². The second-order valence-corrected chi connectivity index (χ2v) is 23.3. The first-order valence-corrected chi connectivity index (χ1v) is 31.3. The molecule has 1 aliphatic carbocycles. The van der Waals surface area contributed by atoms with Crippen LogP contribution in [0, 0.1) is 6.42 Å². The standard InChI is InChI=1S/C44H29N2.C43H28N3.Pt/c1-3-15-30(16-4-1)32-22-13-23-33(31-17-5-2-6-18-31)43(32)37-25-14-24-35-34-19-7-8-20-36(34)44-38-21-9-10-26-40(38)46(41(44)29-39(35)37)42-27-11-12-28-45-42;1-3-15-29(16-4-1)31-22-13-23-32(30-17-5-2-6-18-30)40(31)37-25-14-24-35-33-19-7-8-20-34(33)41-36-21-9-10-26-38(36)46(43(41)45-42(35)37)39-27-11-12-28-44-39;/h1-29H;1-28H;/q2*-1;+2. The predicted octanol–water partition coefficient (Wildman–Crippen LogP) is 23.3. The Balaban J connectivity index is 0.000000146. The van der Waals surface area contributed by atoms with Gasteiger partial charge in [-0.2, -0.15) is 0 Å². The molecule has 5 nitrogen and oxygen atoms in total. The van der Waals surface area contributed by atoms with E-state index in [-0.39, 0.29) is 21.1 Å². The van der Waals surface area contributed by atoms with Crippen LogP contribution in [0.1, 0.15) is 11.3 Å². The Morgan fingerprint density at radius 1 is 0.258 bits per heavy atom. The van der Waals surface area contributed by atoms with Gasteiger partial charge in [-0.25, -0.2) is 4.98 Å². The van der Waals surface area contributed by atoms with Crippen molar-refractivity contribution < 1.29 is 21.1 Å². The van der Waals surface area contributed by atoms with E-state index < -0.39 is 0 Å². The molecule has 0 saturated carbocycles. The second-order valence-electron chi connectivity index (χ2n) is 23.3. The monoisotopic (exact) mass is 1370 g/mol. The molecule has 0 atom stereocenters. The Kier molecular flexibility index (Phi) is 14.8. The Labute approximate surface area is 555 Å². The molecule has 0 bridgehead atoms. The zero-order valence-electron chi connectivity index (χ0n) is 50.5. The molecule has 18 rings (SSSR count). The molecule has 5 heterocycles. The Morgan fingerprint density at radius 2 is 0.613 bits per heavy atom. The number of hydrogen-bond acceptors (Lipinski definition) is 2. The summed E-state index contributed by atoms with van der Waals surface area (Å²) in [5, 5.41) is 8.07. The van der Waals surface area contributed by atoms with Crippen LogP contribution in [-0.4, -0.2) is 19.1 Å². The van der Waals surface area contributed by atoms with Crippen molar-refractivity contribution in [1.29, 1.82) is 0 Å². The fourth-order valence-electron chi connectivity index (χ4n) is 14.2. The first-order chi connectivity index (χ1) is 45.7. The first-order valence-electron chi connectivity index (χ1n) is 31.3. The molecule has 0 saturated heterocycles. The maximum absolute atomic E-state index is 5.70. The minimum absolute atomic E-state index is 0. The van der Waals surface area contributed by atoms with E-state index in [4.69, 9.17) is 15.3 Å². The van der Waals surface area contributed by atoms with Gasteiger partial charge in [-0.05, 0) is 147 Å². The summed E-state index contributed by atoms with van der Waals surface area (Å²) in [7, 11) is 0. The number of nitrogens with zero attached hydrogens (tertiary/aromatic N) is 5. The zero-order chi connectivity index (χ0) is 60.9. The van der Waals surface area contributed by atoms with Gasteiger partial charge in [0.1, 0.15) is 5.82 Å². The molecule has 0 amide bonds. The number of rotatable bonds is 8. The number of hydrogen-bond donors (Lipinski definition) is 0. The van der Waals surface area contributed by atoms with Crippen LogP contribution in [0.4, 0.5) is 11.5 Å². The summed E-state index contributed by atoms with van der Waals surface area (Å²) in [6.45, 7) is 0. The topological polar surface area (TPSA) is 49.7 Å². The van der Waals surface area contributed by atoms with Crippen molar-refractivity contribution in [2.45, 2.75) is 0 Å². The predicted molar refractivity (Wildman–Crippen MR) is 382 cm³/mol. The average molecular weight is 1370 g/mol. The quantitative estimate of drug-likeness (QED) is 0.142. The van der Waals surface area contributed by atoms with Gasteiger partial charge in [-0.1, -0.05) is 325 Å². The maximum Gasteiger partial charge on any atom is 2.00 e. The van der Waals surface area contributed by atoms with Crippen molar-refractivity contribution in [3.63, 3.8) is 0 Å². The number of fused-ring (bicyclic) bond motifs is 14. The van der Waals surface area contributed by atoms with Gasteiger partial charge in [0.05, 0.1) is 5.82 Å². The molecular formula is C87H57N5Pt. The van der Waals surface area contributed by atoms with Crippen LogP contribution < -0.4 is 0 Å². The van der Waals surface area contributed by atoms with Gasteiger partial charge in [0, 0.05) is 17.9 Å². The van der Waals surface area contributed by atoms with Crippen molar-refractivity contribution in [1.82, 2.24) is 19.1 Å². The van der Waals surface area contributed by atoms with E-state index in [2.05, 4.69) is 325 Å². The van der Waals surface area contributed by atoms with Gasteiger partial charge in [-0.15, -0.1) is 12.0 Å². The normalized spacial score (nSPS) is 11.5. The molecule has 0 spiro atoms. The van der Waals surface area contributed by atoms with E-state index in [9.17, 15) is 0 Å². The van der Waals surface area contributed by atoms with Crippen molar-refractivity contribution >= 4 is 33.3 Å². The van der Waals surface area contributed by atoms with Crippen LogP contribution >= 0.6 is 0 Å². The molecule has 6 heteroatoms. The third-order valence-corrected chi connectivity index (χ3v) is 18.1. The Morgan fingerprint density at radius 3 is 1.12 bits per heavy atom. The fraction of sp³-hybridized carbons (Fsp3) is 0. The van der Waals surface area contributed by atoms with Crippen LogP contribution in [0.5, 0.6) is 0 Å². The van der Waals surface area contributed by atoms with Crippen molar-refractivity contribution in [3.8, 4) is 123 Å². The first kappa shape index (κ1) is 56.6. The molecule has 0 N–H and O–H groups in total. The largest absolute Gasteiger partial charge is 2.00 e. The number of para-hydroxylation sites is 3. The molecule has 4 aromatic heterocycles. The van der Waals surface area contributed by atoms with E-state index in [1.54, 1.807) is 0 Å². The maximum atomic E-state index is 5.70. The minimum Gasteiger partial charge on any atom is -0.434 e. The smallest absolute Gasteiger partial charge is 0.434 e. The molecule has 2 aliphatic rings. The van der Waals surface area contributed by atoms with E-state index in [0.29, 0.717) is 0 Å². The van der Waals surface area contributed by atoms with Crippen LogP contribution in [0.15, 0.2) is 340 Å². The molecule has 0 fully saturated rings. The summed E-state index contributed by atoms with van der Waals surface area (Å²) in [6, 6.07) is 117. The Bertz CT molecular complexity index is 4970. The fourth-order valence-corrected chi connectivity index (χ4v) is 14.2. The second kappa shape index (κ2) is 24.3. The third-order valence-electron chi connectivity index (χ3n) is 18.1. The zero-order valence-corrected chi connectivity index (χ0v) is 52.7. The van der Waals surface area contributed by atoms with E-state index in [1.807, 2.05) is 30.6 Å². The molecule has 16 aromatic rings. The average Bonchev–Trinajstić information content (AvgIpc) is 1.61. The van der Waals surface area contributed by atoms with Crippen molar-refractivity contribution in [2.24, 2.45) is 0 Å². The van der Waals surface area contributed by atoms with E-state index in [0.717, 1.165) is 61.9 Å². The molecular weight excluding hydrogens is 1310 g/mol. The number of benzene rings is 12. The number of pyridine rings is 2.